The number of imidazole rings is 1. The van der Waals surface area contributed by atoms with Gasteiger partial charge in [-0.25, -0.2) is 22.0 Å². The number of hydrogen-bond donors (Lipinski definition) is 1. The Morgan fingerprint density at radius 3 is 2.46 bits per heavy atom. The van der Waals surface area contributed by atoms with Gasteiger partial charge < -0.3 is 19.5 Å². The molecule has 0 spiro atoms. The van der Waals surface area contributed by atoms with E-state index >= 15 is 0 Å². The lowest BCUT2D eigenvalue weighted by atomic mass is 9.95. The number of fused-ring (bicyclic) bond motifs is 1. The second-order valence-corrected chi connectivity index (χ2v) is 9.01. The third-order valence-corrected chi connectivity index (χ3v) is 6.23. The molecule has 2 aliphatic rings. The maximum atomic E-state index is 14.8. The minimum atomic E-state index is -2.83. The van der Waals surface area contributed by atoms with Crippen molar-refractivity contribution < 1.29 is 41.0 Å². The molecule has 0 bridgehead atoms. The molecule has 2 aromatic rings. The van der Waals surface area contributed by atoms with Gasteiger partial charge in [-0.2, -0.15) is 4.98 Å². The van der Waals surface area contributed by atoms with Crippen LogP contribution in [0.5, 0.6) is 11.8 Å². The van der Waals surface area contributed by atoms with E-state index in [1.54, 1.807) is 0 Å². The highest BCUT2D eigenvalue weighted by Gasteiger charge is 2.32. The van der Waals surface area contributed by atoms with Crippen LogP contribution in [0.25, 0.3) is 11.0 Å². The van der Waals surface area contributed by atoms with E-state index in [2.05, 4.69) is 15.0 Å². The number of carbonyl (C=O) groups is 1. The monoisotopic (exact) mass is 505 g/mol. The van der Waals surface area contributed by atoms with Crippen LogP contribution in [0, 0.1) is 17.6 Å². The van der Waals surface area contributed by atoms with Crippen LogP contribution < -0.4 is 14.8 Å². The zero-order valence-electron chi connectivity index (χ0n) is 19.2. The second kappa shape index (κ2) is 11.0. The van der Waals surface area contributed by atoms with Gasteiger partial charge in [-0.05, 0) is 38.5 Å². The Labute approximate surface area is 198 Å². The molecule has 1 aromatic carbocycles. The summed E-state index contributed by atoms with van der Waals surface area (Å²) in [5, 5.41) is 2.67. The van der Waals surface area contributed by atoms with Crippen molar-refractivity contribution >= 4 is 16.9 Å². The SMILES string of the molecule is Cn1c(OC2CCC(OC[C@H](CF)NC(=O)C3CC3)CC2)nc2c(F)cc(OCC(F)F)c(F)c21. The van der Waals surface area contributed by atoms with Crippen LogP contribution in [0.1, 0.15) is 38.5 Å². The number of rotatable bonds is 11. The van der Waals surface area contributed by atoms with Crippen LogP contribution in [-0.4, -0.2) is 60.0 Å². The Balaban J connectivity index is 1.32. The third kappa shape index (κ3) is 6.14. The highest BCUT2D eigenvalue weighted by molar-refractivity contribution is 5.81. The van der Waals surface area contributed by atoms with Crippen molar-refractivity contribution in [2.24, 2.45) is 13.0 Å². The molecular weight excluding hydrogens is 477 g/mol. The fourth-order valence-corrected chi connectivity index (χ4v) is 4.13. The summed E-state index contributed by atoms with van der Waals surface area (Å²) in [6.07, 6.45) is 0.859. The van der Waals surface area contributed by atoms with Crippen molar-refractivity contribution in [1.82, 2.24) is 14.9 Å². The predicted octanol–water partition coefficient (Wildman–Crippen LogP) is 4.07. The molecule has 2 saturated carbocycles. The van der Waals surface area contributed by atoms with Crippen LogP contribution >= 0.6 is 0 Å². The van der Waals surface area contributed by atoms with Crippen molar-refractivity contribution in [3.8, 4) is 11.8 Å². The van der Waals surface area contributed by atoms with Gasteiger partial charge in [0.05, 0.1) is 18.8 Å². The first-order valence-electron chi connectivity index (χ1n) is 11.7. The largest absolute Gasteiger partial charge is 0.484 e. The maximum absolute atomic E-state index is 14.8. The average Bonchev–Trinajstić information content (AvgIpc) is 3.63. The second-order valence-electron chi connectivity index (χ2n) is 9.01. The van der Waals surface area contributed by atoms with E-state index in [0.29, 0.717) is 31.7 Å². The lowest BCUT2D eigenvalue weighted by Gasteiger charge is -2.29. The number of carbonyl (C=O) groups excluding carboxylic acids is 1. The average molecular weight is 505 g/mol. The number of alkyl halides is 3. The standard InChI is InChI=1S/C23H28F5N3O4/c1-31-21-19(28)17(34-11-18(26)27)8-16(25)20(21)30-23(31)35-15-6-4-14(5-7-15)33-10-13(9-24)29-22(32)12-2-3-12/h8,12-15,18H,2-7,9-11H2,1H3,(H,29,32)/t13-,14?,15?/m0/s1. The van der Waals surface area contributed by atoms with Crippen LogP contribution in [0.15, 0.2) is 6.07 Å². The van der Waals surface area contributed by atoms with Crippen molar-refractivity contribution in [2.75, 3.05) is 19.9 Å². The quantitative estimate of drug-likeness (QED) is 0.466. The molecule has 4 rings (SSSR count). The first-order chi connectivity index (χ1) is 16.8. The lowest BCUT2D eigenvalue weighted by Crippen LogP contribution is -2.42. The topological polar surface area (TPSA) is 74.6 Å². The zero-order valence-corrected chi connectivity index (χ0v) is 19.2. The van der Waals surface area contributed by atoms with Gasteiger partial charge in [-0.1, -0.05) is 0 Å². The summed E-state index contributed by atoms with van der Waals surface area (Å²) in [6.45, 7) is -1.68. The number of aryl methyl sites for hydroxylation is 1. The first-order valence-corrected chi connectivity index (χ1v) is 11.7. The summed E-state index contributed by atoms with van der Waals surface area (Å²) in [4.78, 5) is 15.9. The van der Waals surface area contributed by atoms with Gasteiger partial charge >= 0.3 is 0 Å². The van der Waals surface area contributed by atoms with Crippen LogP contribution in [0.2, 0.25) is 0 Å². The smallest absolute Gasteiger partial charge is 0.297 e. The van der Waals surface area contributed by atoms with Crippen LogP contribution in [-0.2, 0) is 16.6 Å². The van der Waals surface area contributed by atoms with Crippen LogP contribution in [0.3, 0.4) is 0 Å². The Morgan fingerprint density at radius 2 is 1.83 bits per heavy atom. The summed E-state index contributed by atoms with van der Waals surface area (Å²) < 4.78 is 84.9. The van der Waals surface area contributed by atoms with Gasteiger partial charge in [0, 0.05) is 19.0 Å². The molecule has 1 atom stereocenters. The summed E-state index contributed by atoms with van der Waals surface area (Å²) in [7, 11) is 1.44. The lowest BCUT2D eigenvalue weighted by molar-refractivity contribution is -0.124. The summed E-state index contributed by atoms with van der Waals surface area (Å²) in [5.41, 5.74) is -0.529. The molecular formula is C23H28F5N3O4. The van der Waals surface area contributed by atoms with Crippen molar-refractivity contribution in [3.63, 3.8) is 0 Å². The van der Waals surface area contributed by atoms with E-state index in [9.17, 15) is 26.7 Å². The highest BCUT2D eigenvalue weighted by atomic mass is 19.3. The number of ether oxygens (including phenoxy) is 3. The number of hydrogen-bond acceptors (Lipinski definition) is 5. The van der Waals surface area contributed by atoms with Crippen molar-refractivity contribution in [2.45, 2.75) is 63.2 Å². The third-order valence-electron chi connectivity index (χ3n) is 6.23. The number of aromatic nitrogens is 2. The number of amides is 1. The van der Waals surface area contributed by atoms with Gasteiger partial charge in [-0.15, -0.1) is 0 Å². The zero-order chi connectivity index (χ0) is 25.1. The summed E-state index contributed by atoms with van der Waals surface area (Å²) >= 11 is 0. The summed E-state index contributed by atoms with van der Waals surface area (Å²) in [6, 6.07) is 0.0156. The molecule has 2 aliphatic carbocycles. The number of nitrogens with zero attached hydrogens (tertiary/aromatic N) is 2. The van der Waals surface area contributed by atoms with Gasteiger partial charge in [0.25, 0.3) is 12.4 Å². The van der Waals surface area contributed by atoms with Crippen LogP contribution in [0.4, 0.5) is 22.0 Å². The van der Waals surface area contributed by atoms with E-state index in [1.165, 1.54) is 11.6 Å². The highest BCUT2D eigenvalue weighted by Crippen LogP contribution is 2.33. The molecule has 0 saturated heterocycles. The van der Waals surface area contributed by atoms with Gasteiger partial charge in [0.1, 0.15) is 30.4 Å². The number of benzene rings is 1. The van der Waals surface area contributed by atoms with Crippen molar-refractivity contribution in [1.29, 1.82) is 0 Å². The van der Waals surface area contributed by atoms with E-state index in [1.807, 2.05) is 0 Å². The normalized spacial score (nSPS) is 21.3. The van der Waals surface area contributed by atoms with Gasteiger partial charge in [0.15, 0.2) is 17.4 Å². The first kappa shape index (κ1) is 25.5. The molecule has 194 valence electrons. The fourth-order valence-electron chi connectivity index (χ4n) is 4.13. The Kier molecular flexibility index (Phi) is 7.98. The van der Waals surface area contributed by atoms with Gasteiger partial charge in [0.2, 0.25) is 5.91 Å². The molecule has 1 heterocycles. The molecule has 1 amide bonds. The summed E-state index contributed by atoms with van der Waals surface area (Å²) in [5.74, 6) is -2.67. The van der Waals surface area contributed by atoms with E-state index in [0.717, 1.165) is 12.8 Å². The number of nitrogens with one attached hydrogen (secondary N) is 1. The fraction of sp³-hybridized carbons (Fsp3) is 0.652. The molecule has 35 heavy (non-hydrogen) atoms. The molecule has 0 aliphatic heterocycles. The predicted molar refractivity (Wildman–Crippen MR) is 115 cm³/mol. The molecule has 0 unspecified atom stereocenters. The maximum Gasteiger partial charge on any atom is 0.297 e. The molecule has 1 aromatic heterocycles. The van der Waals surface area contributed by atoms with E-state index in [-0.39, 0.29) is 47.7 Å². The molecule has 12 heteroatoms. The Bertz CT molecular complexity index is 1040. The van der Waals surface area contributed by atoms with Gasteiger partial charge in [-0.3, -0.25) is 9.36 Å². The molecule has 0 radical (unpaired) electrons. The van der Waals surface area contributed by atoms with E-state index < -0.39 is 43.1 Å². The number of halogens is 5. The molecule has 2 fully saturated rings. The molecule has 7 nitrogen and oxygen atoms in total. The minimum Gasteiger partial charge on any atom is -0.484 e. The van der Waals surface area contributed by atoms with E-state index in [4.69, 9.17) is 9.47 Å². The van der Waals surface area contributed by atoms with Crippen molar-refractivity contribution in [3.05, 3.63) is 17.7 Å². The Hall–Kier alpha value is -2.63. The Morgan fingerprint density at radius 1 is 1.14 bits per heavy atom. The minimum absolute atomic E-state index is 0.00175. The molecule has 1 N–H and O–H groups in total.